The molecule has 4 aromatic rings. The van der Waals surface area contributed by atoms with Gasteiger partial charge in [0.05, 0.1) is 16.4 Å². The third-order valence-corrected chi connectivity index (χ3v) is 7.82. The SMILES string of the molecule is Nc1nc(C(=O)N2C[C@H]3C[C@H]3[C@H]2CNC(=O)c2n[nH]c3ccccc23)c(-c2cccc(Cl)c2)s1. The van der Waals surface area contributed by atoms with Crippen molar-refractivity contribution < 1.29 is 9.59 Å². The number of hydrogen-bond acceptors (Lipinski definition) is 6. The number of para-hydroxylation sites is 1. The average Bonchev–Trinajstić information content (AvgIpc) is 3.17. The van der Waals surface area contributed by atoms with Crippen molar-refractivity contribution in [2.75, 3.05) is 18.8 Å². The molecule has 1 saturated carbocycles. The predicted octanol–water partition coefficient (Wildman–Crippen LogP) is 3.81. The zero-order valence-electron chi connectivity index (χ0n) is 18.0. The number of likely N-dealkylation sites (tertiary alicyclic amines) is 1. The van der Waals surface area contributed by atoms with Gasteiger partial charge in [-0.1, -0.05) is 53.3 Å². The van der Waals surface area contributed by atoms with E-state index in [2.05, 4.69) is 20.5 Å². The number of rotatable bonds is 5. The fourth-order valence-corrected chi connectivity index (χ4v) is 5.94. The van der Waals surface area contributed by atoms with Crippen LogP contribution in [0.2, 0.25) is 5.02 Å². The van der Waals surface area contributed by atoms with Gasteiger partial charge in [0.25, 0.3) is 11.8 Å². The molecule has 6 rings (SSSR count). The van der Waals surface area contributed by atoms with Crippen molar-refractivity contribution in [1.82, 2.24) is 25.4 Å². The predicted molar refractivity (Wildman–Crippen MR) is 132 cm³/mol. The van der Waals surface area contributed by atoms with Gasteiger partial charge < -0.3 is 16.0 Å². The Morgan fingerprint density at radius 1 is 1.21 bits per heavy atom. The molecule has 34 heavy (non-hydrogen) atoms. The number of thiazole rings is 1. The molecule has 0 radical (unpaired) electrons. The van der Waals surface area contributed by atoms with Crippen LogP contribution in [0.5, 0.6) is 0 Å². The van der Waals surface area contributed by atoms with Gasteiger partial charge in [0.2, 0.25) is 0 Å². The van der Waals surface area contributed by atoms with Gasteiger partial charge in [-0.15, -0.1) is 0 Å². The number of nitrogens with zero attached hydrogens (tertiary/aromatic N) is 3. The fourth-order valence-electron chi connectivity index (χ4n) is 4.93. The summed E-state index contributed by atoms with van der Waals surface area (Å²) in [6.07, 6.45) is 1.07. The summed E-state index contributed by atoms with van der Waals surface area (Å²) in [5.41, 5.74) is 8.30. The second-order valence-corrected chi connectivity index (χ2v) is 10.2. The third-order valence-electron chi connectivity index (χ3n) is 6.65. The number of halogens is 1. The molecule has 0 unspecified atom stereocenters. The molecule has 2 fully saturated rings. The summed E-state index contributed by atoms with van der Waals surface area (Å²) >= 11 is 7.44. The Labute approximate surface area is 204 Å². The molecule has 2 aromatic carbocycles. The zero-order chi connectivity index (χ0) is 23.4. The van der Waals surface area contributed by atoms with Crippen molar-refractivity contribution in [2.24, 2.45) is 11.8 Å². The number of fused-ring (bicyclic) bond motifs is 2. The monoisotopic (exact) mass is 492 g/mol. The van der Waals surface area contributed by atoms with Crippen LogP contribution in [0.3, 0.4) is 0 Å². The van der Waals surface area contributed by atoms with Crippen LogP contribution in [-0.2, 0) is 0 Å². The fraction of sp³-hybridized carbons (Fsp3) is 0.250. The normalized spacial score (nSPS) is 21.0. The van der Waals surface area contributed by atoms with Crippen molar-refractivity contribution in [3.05, 3.63) is 64.9 Å². The molecule has 0 spiro atoms. The van der Waals surface area contributed by atoms with Crippen molar-refractivity contribution in [2.45, 2.75) is 12.5 Å². The minimum absolute atomic E-state index is 0.0956. The molecule has 3 heterocycles. The lowest BCUT2D eigenvalue weighted by atomic mass is 10.1. The second kappa shape index (κ2) is 8.11. The number of H-pyrrole nitrogens is 1. The highest BCUT2D eigenvalue weighted by atomic mass is 35.5. The maximum absolute atomic E-state index is 13.6. The number of benzene rings is 2. The van der Waals surface area contributed by atoms with Crippen LogP contribution in [0, 0.1) is 11.8 Å². The Kier molecular flexibility index (Phi) is 5.04. The molecule has 8 nitrogen and oxygen atoms in total. The molecular formula is C24H21ClN6O2S. The lowest BCUT2D eigenvalue weighted by Crippen LogP contribution is -2.45. The van der Waals surface area contributed by atoms with Gasteiger partial charge in [-0.3, -0.25) is 14.7 Å². The van der Waals surface area contributed by atoms with E-state index < -0.39 is 0 Å². The van der Waals surface area contributed by atoms with Crippen LogP contribution < -0.4 is 11.1 Å². The molecule has 2 aromatic heterocycles. The molecule has 0 bridgehead atoms. The highest BCUT2D eigenvalue weighted by Gasteiger charge is 2.54. The number of carbonyl (C=O) groups excluding carboxylic acids is 2. The number of amides is 2. The standard InChI is InChI=1S/C24H21ClN6O2S/c25-14-5-3-4-12(8-14)21-20(28-24(26)34-21)23(33)31-11-13-9-16(13)18(31)10-27-22(32)19-15-6-1-2-7-17(15)29-30-19/h1-8,13,16,18H,9-11H2,(H2,26,28)(H,27,32)(H,29,30)/t13-,16-,18-/m1/s1. The molecule has 2 amide bonds. The van der Waals surface area contributed by atoms with E-state index in [9.17, 15) is 9.59 Å². The minimum Gasteiger partial charge on any atom is -0.375 e. The number of nitrogens with one attached hydrogen (secondary N) is 2. The van der Waals surface area contributed by atoms with E-state index in [1.54, 1.807) is 12.1 Å². The molecule has 172 valence electrons. The van der Waals surface area contributed by atoms with E-state index >= 15 is 0 Å². The molecule has 1 saturated heterocycles. The van der Waals surface area contributed by atoms with Gasteiger partial charge in [-0.25, -0.2) is 4.98 Å². The van der Waals surface area contributed by atoms with Crippen LogP contribution >= 0.6 is 22.9 Å². The van der Waals surface area contributed by atoms with Crippen LogP contribution in [0.25, 0.3) is 21.3 Å². The average molecular weight is 493 g/mol. The maximum Gasteiger partial charge on any atom is 0.274 e. The number of aromatic nitrogens is 3. The first-order valence-corrected chi connectivity index (χ1v) is 12.2. The van der Waals surface area contributed by atoms with E-state index in [1.807, 2.05) is 41.3 Å². The summed E-state index contributed by atoms with van der Waals surface area (Å²) in [6.45, 7) is 1.01. The molecule has 2 aliphatic rings. The van der Waals surface area contributed by atoms with E-state index in [1.165, 1.54) is 11.3 Å². The number of anilines is 1. The molecule has 10 heteroatoms. The quantitative estimate of drug-likeness (QED) is 0.391. The number of hydrogen-bond donors (Lipinski definition) is 3. The molecule has 3 atom stereocenters. The Balaban J connectivity index is 1.23. The van der Waals surface area contributed by atoms with E-state index in [0.29, 0.717) is 51.3 Å². The molecule has 1 aliphatic carbocycles. The van der Waals surface area contributed by atoms with E-state index in [0.717, 1.165) is 22.9 Å². The molecule has 1 aliphatic heterocycles. The van der Waals surface area contributed by atoms with Crippen LogP contribution in [0.4, 0.5) is 5.13 Å². The van der Waals surface area contributed by atoms with Gasteiger partial charge >= 0.3 is 0 Å². The van der Waals surface area contributed by atoms with E-state index in [4.69, 9.17) is 17.3 Å². The summed E-state index contributed by atoms with van der Waals surface area (Å²) in [6, 6.07) is 14.7. The Bertz CT molecular complexity index is 1430. The van der Waals surface area contributed by atoms with Crippen molar-refractivity contribution >= 4 is 50.8 Å². The highest BCUT2D eigenvalue weighted by molar-refractivity contribution is 7.19. The minimum atomic E-state index is -0.258. The van der Waals surface area contributed by atoms with E-state index in [-0.39, 0.29) is 17.9 Å². The molecule has 4 N–H and O–H groups in total. The summed E-state index contributed by atoms with van der Waals surface area (Å²) < 4.78 is 0. The topological polar surface area (TPSA) is 117 Å². The molecular weight excluding hydrogens is 472 g/mol. The Morgan fingerprint density at radius 2 is 2.06 bits per heavy atom. The summed E-state index contributed by atoms with van der Waals surface area (Å²) in [5.74, 6) is 0.416. The van der Waals surface area contributed by atoms with Gasteiger partial charge in [-0.05, 0) is 42.0 Å². The Hall–Kier alpha value is -3.43. The maximum atomic E-state index is 13.6. The lowest BCUT2D eigenvalue weighted by Gasteiger charge is -2.27. The number of piperidine rings is 1. The van der Waals surface area contributed by atoms with Gasteiger partial charge in [0.1, 0.15) is 5.69 Å². The first kappa shape index (κ1) is 21.1. The highest BCUT2D eigenvalue weighted by Crippen LogP contribution is 2.50. The van der Waals surface area contributed by atoms with Gasteiger partial charge in [-0.2, -0.15) is 5.10 Å². The van der Waals surface area contributed by atoms with Crippen molar-refractivity contribution in [1.29, 1.82) is 0 Å². The van der Waals surface area contributed by atoms with Crippen LogP contribution in [0.1, 0.15) is 27.4 Å². The summed E-state index contributed by atoms with van der Waals surface area (Å²) in [5, 5.41) is 11.7. The number of aromatic amines is 1. The first-order valence-electron chi connectivity index (χ1n) is 11.0. The van der Waals surface area contributed by atoms with Gasteiger partial charge in [0.15, 0.2) is 10.8 Å². The summed E-state index contributed by atoms with van der Waals surface area (Å²) in [7, 11) is 0. The number of nitrogen functional groups attached to an aromatic ring is 1. The number of carbonyl (C=O) groups is 2. The van der Waals surface area contributed by atoms with Crippen molar-refractivity contribution in [3.8, 4) is 10.4 Å². The largest absolute Gasteiger partial charge is 0.375 e. The van der Waals surface area contributed by atoms with Crippen molar-refractivity contribution in [3.63, 3.8) is 0 Å². The van der Waals surface area contributed by atoms with Gasteiger partial charge in [0, 0.05) is 23.5 Å². The second-order valence-electron chi connectivity index (χ2n) is 8.75. The number of nitrogens with two attached hydrogens (primary N) is 1. The zero-order valence-corrected chi connectivity index (χ0v) is 19.6. The third kappa shape index (κ3) is 3.61. The lowest BCUT2D eigenvalue weighted by molar-refractivity contribution is 0.0690. The van der Waals surface area contributed by atoms with Crippen LogP contribution in [-0.4, -0.2) is 51.0 Å². The smallest absolute Gasteiger partial charge is 0.274 e. The first-order chi connectivity index (χ1) is 16.5. The summed E-state index contributed by atoms with van der Waals surface area (Å²) in [4.78, 5) is 33.4. The Morgan fingerprint density at radius 3 is 2.91 bits per heavy atom. The van der Waals surface area contributed by atoms with Crippen LogP contribution in [0.15, 0.2) is 48.5 Å².